The number of rotatable bonds is 4. The Morgan fingerprint density at radius 2 is 1.84 bits per heavy atom. The highest BCUT2D eigenvalue weighted by Gasteiger charge is 2.24. The third-order valence-corrected chi connectivity index (χ3v) is 5.11. The van der Waals surface area contributed by atoms with Crippen LogP contribution in [0.4, 0.5) is 5.69 Å². The number of halogens is 3. The lowest BCUT2D eigenvalue weighted by atomic mass is 10.0. The largest absolute Gasteiger partial charge is 0.480 e. The topological polar surface area (TPSA) is 75.6 Å². The highest BCUT2D eigenvalue weighted by molar-refractivity contribution is 9.11. The first-order chi connectivity index (χ1) is 11.8. The quantitative estimate of drug-likeness (QED) is 0.549. The summed E-state index contributed by atoms with van der Waals surface area (Å²) < 4.78 is 7.30. The Hall–Kier alpha value is -1.64. The predicted molar refractivity (Wildman–Crippen MR) is 106 cm³/mol. The Morgan fingerprint density at radius 1 is 1.16 bits per heavy atom. The number of anilines is 1. The molecule has 1 amide bonds. The molecule has 0 aromatic heterocycles. The number of carbonyl (C=O) groups excluding carboxylic acids is 1. The van der Waals surface area contributed by atoms with Crippen LogP contribution >= 0.6 is 47.8 Å². The van der Waals surface area contributed by atoms with Gasteiger partial charge in [0.15, 0.2) is 6.61 Å². The van der Waals surface area contributed by atoms with Gasteiger partial charge in [0.05, 0.1) is 8.95 Å². The molecule has 0 fully saturated rings. The van der Waals surface area contributed by atoms with Crippen molar-refractivity contribution in [3.05, 3.63) is 54.9 Å². The molecule has 2 N–H and O–H groups in total. The zero-order valence-corrected chi connectivity index (χ0v) is 17.2. The normalized spacial score (nSPS) is 14.4. The zero-order chi connectivity index (χ0) is 18.1. The van der Waals surface area contributed by atoms with E-state index in [0.29, 0.717) is 20.3 Å². The molecule has 25 heavy (non-hydrogen) atoms. The number of nitrogens with one attached hydrogen (secondary N) is 1. The van der Waals surface area contributed by atoms with Gasteiger partial charge in [-0.15, -0.1) is 0 Å². The van der Waals surface area contributed by atoms with Gasteiger partial charge < -0.3 is 15.2 Å². The molecular formula is C17H10Br3NO4. The molecule has 1 heterocycles. The minimum Gasteiger partial charge on any atom is -0.480 e. The first-order valence-corrected chi connectivity index (χ1v) is 9.39. The number of amides is 1. The van der Waals surface area contributed by atoms with Crippen molar-refractivity contribution in [2.24, 2.45) is 0 Å². The van der Waals surface area contributed by atoms with Crippen molar-refractivity contribution in [1.29, 1.82) is 0 Å². The highest BCUT2D eigenvalue weighted by Crippen LogP contribution is 2.38. The van der Waals surface area contributed by atoms with E-state index in [1.165, 1.54) is 0 Å². The van der Waals surface area contributed by atoms with Gasteiger partial charge in [-0.05, 0) is 73.8 Å². The SMILES string of the molecule is O=C(O)COc1c(Br)cc(/C=C2\C(=O)Nc3ccc(Br)cc32)cc1Br. The number of carboxylic acid groups (broad SMARTS) is 1. The molecule has 8 heteroatoms. The summed E-state index contributed by atoms with van der Waals surface area (Å²) in [5.41, 5.74) is 2.89. The highest BCUT2D eigenvalue weighted by atomic mass is 79.9. The molecule has 0 bridgehead atoms. The number of carbonyl (C=O) groups is 2. The van der Waals surface area contributed by atoms with Crippen molar-refractivity contribution in [1.82, 2.24) is 0 Å². The number of carboxylic acids is 1. The molecule has 0 spiro atoms. The summed E-state index contributed by atoms with van der Waals surface area (Å²) in [6.45, 7) is -0.443. The summed E-state index contributed by atoms with van der Waals surface area (Å²) in [7, 11) is 0. The molecule has 5 nitrogen and oxygen atoms in total. The van der Waals surface area contributed by atoms with E-state index in [1.807, 2.05) is 18.2 Å². The number of hydrogen-bond donors (Lipinski definition) is 2. The van der Waals surface area contributed by atoms with Gasteiger partial charge in [0.1, 0.15) is 5.75 Å². The summed E-state index contributed by atoms with van der Waals surface area (Å²) in [5, 5.41) is 11.6. The number of aliphatic carboxylic acids is 1. The second-order valence-corrected chi connectivity index (χ2v) is 7.82. The van der Waals surface area contributed by atoms with E-state index in [4.69, 9.17) is 9.84 Å². The molecule has 0 saturated heterocycles. The van der Waals surface area contributed by atoms with Crippen LogP contribution in [0.5, 0.6) is 5.75 Å². The molecule has 128 valence electrons. The molecule has 0 unspecified atom stereocenters. The fourth-order valence-corrected chi connectivity index (χ4v) is 4.22. The monoisotopic (exact) mass is 529 g/mol. The average molecular weight is 532 g/mol. The van der Waals surface area contributed by atoms with Crippen LogP contribution < -0.4 is 10.1 Å². The lowest BCUT2D eigenvalue weighted by Crippen LogP contribution is -2.10. The summed E-state index contributed by atoms with van der Waals surface area (Å²) in [6, 6.07) is 9.11. The first-order valence-electron chi connectivity index (χ1n) is 7.02. The van der Waals surface area contributed by atoms with Crippen molar-refractivity contribution in [3.8, 4) is 5.75 Å². The molecular weight excluding hydrogens is 522 g/mol. The molecule has 1 aliphatic heterocycles. The van der Waals surface area contributed by atoms with Crippen molar-refractivity contribution >= 4 is 77.0 Å². The second-order valence-electron chi connectivity index (χ2n) is 5.20. The lowest BCUT2D eigenvalue weighted by molar-refractivity contribution is -0.139. The molecule has 3 rings (SSSR count). The maximum Gasteiger partial charge on any atom is 0.341 e. The van der Waals surface area contributed by atoms with Crippen LogP contribution in [0.25, 0.3) is 11.6 Å². The van der Waals surface area contributed by atoms with Crippen LogP contribution in [0.15, 0.2) is 43.7 Å². The lowest BCUT2D eigenvalue weighted by Gasteiger charge is -2.10. The number of hydrogen-bond acceptors (Lipinski definition) is 3. The molecule has 1 aliphatic rings. The van der Waals surface area contributed by atoms with Crippen molar-refractivity contribution in [2.45, 2.75) is 0 Å². The van der Waals surface area contributed by atoms with E-state index in [-0.39, 0.29) is 5.91 Å². The Morgan fingerprint density at radius 3 is 2.48 bits per heavy atom. The van der Waals surface area contributed by atoms with E-state index in [1.54, 1.807) is 18.2 Å². The molecule has 2 aromatic rings. The first kappa shape index (κ1) is 18.2. The van der Waals surface area contributed by atoms with Crippen molar-refractivity contribution in [3.63, 3.8) is 0 Å². The van der Waals surface area contributed by atoms with E-state index >= 15 is 0 Å². The van der Waals surface area contributed by atoms with Crippen LogP contribution in [0.3, 0.4) is 0 Å². The smallest absolute Gasteiger partial charge is 0.341 e. The fourth-order valence-electron chi connectivity index (χ4n) is 2.40. The van der Waals surface area contributed by atoms with Gasteiger partial charge in [0.2, 0.25) is 0 Å². The van der Waals surface area contributed by atoms with Gasteiger partial charge in [0, 0.05) is 21.3 Å². The van der Waals surface area contributed by atoms with Gasteiger partial charge >= 0.3 is 5.97 Å². The third kappa shape index (κ3) is 3.96. The molecule has 0 saturated carbocycles. The van der Waals surface area contributed by atoms with E-state index in [9.17, 15) is 9.59 Å². The summed E-state index contributed by atoms with van der Waals surface area (Å²) in [6.07, 6.45) is 1.77. The van der Waals surface area contributed by atoms with Crippen molar-refractivity contribution in [2.75, 3.05) is 11.9 Å². The minimum atomic E-state index is -1.06. The Kier molecular flexibility index (Phi) is 5.31. The number of fused-ring (bicyclic) bond motifs is 1. The van der Waals surface area contributed by atoms with Crippen LogP contribution in [-0.2, 0) is 9.59 Å². The zero-order valence-electron chi connectivity index (χ0n) is 12.5. The number of benzene rings is 2. The van der Waals surface area contributed by atoms with E-state index in [2.05, 4.69) is 53.1 Å². The predicted octanol–water partition coefficient (Wildman–Crippen LogP) is 4.93. The average Bonchev–Trinajstić information content (AvgIpc) is 2.82. The fraction of sp³-hybridized carbons (Fsp3) is 0.0588. The molecule has 0 aliphatic carbocycles. The second kappa shape index (κ2) is 7.31. The van der Waals surface area contributed by atoms with Gasteiger partial charge in [-0.2, -0.15) is 0 Å². The van der Waals surface area contributed by atoms with Crippen LogP contribution in [0.1, 0.15) is 11.1 Å². The molecule has 0 atom stereocenters. The Labute approximate surface area is 168 Å². The van der Waals surface area contributed by atoms with Gasteiger partial charge in [-0.25, -0.2) is 4.79 Å². The van der Waals surface area contributed by atoms with E-state index in [0.717, 1.165) is 21.3 Å². The standard InChI is InChI=1S/C17H10Br3NO4/c18-9-1-2-14-10(6-9)11(17(24)21-14)3-8-4-12(19)16(13(20)5-8)25-7-15(22)23/h1-6H,7H2,(H,21,24)(H,22,23)/b11-3-. The maximum absolute atomic E-state index is 12.3. The summed E-state index contributed by atoms with van der Waals surface area (Å²) in [5.74, 6) is -0.843. The Balaban J connectivity index is 1.98. The summed E-state index contributed by atoms with van der Waals surface area (Å²) >= 11 is 10.2. The van der Waals surface area contributed by atoms with Crippen molar-refractivity contribution < 1.29 is 19.4 Å². The maximum atomic E-state index is 12.3. The van der Waals surface area contributed by atoms with Crippen LogP contribution in [0.2, 0.25) is 0 Å². The third-order valence-electron chi connectivity index (χ3n) is 3.44. The van der Waals surface area contributed by atoms with Crippen LogP contribution in [0, 0.1) is 0 Å². The molecule has 0 radical (unpaired) electrons. The minimum absolute atomic E-state index is 0.174. The van der Waals surface area contributed by atoms with Crippen LogP contribution in [-0.4, -0.2) is 23.6 Å². The van der Waals surface area contributed by atoms with Gasteiger partial charge in [-0.3, -0.25) is 4.79 Å². The molecule has 2 aromatic carbocycles. The Bertz CT molecular complexity index is 901. The summed E-state index contributed by atoms with van der Waals surface area (Å²) in [4.78, 5) is 22.9. The van der Waals surface area contributed by atoms with E-state index < -0.39 is 12.6 Å². The number of ether oxygens (including phenoxy) is 1. The van der Waals surface area contributed by atoms with Gasteiger partial charge in [-0.1, -0.05) is 15.9 Å². The van der Waals surface area contributed by atoms with Gasteiger partial charge in [0.25, 0.3) is 5.91 Å².